The first-order valence-electron chi connectivity index (χ1n) is 11.6. The summed E-state index contributed by atoms with van der Waals surface area (Å²) in [5, 5.41) is 2.84. The Labute approximate surface area is 200 Å². The van der Waals surface area contributed by atoms with Gasteiger partial charge in [0.05, 0.1) is 12.2 Å². The number of hydrogen-bond acceptors (Lipinski definition) is 5. The van der Waals surface area contributed by atoms with Gasteiger partial charge in [-0.05, 0) is 61.6 Å². The first-order valence-corrected chi connectivity index (χ1v) is 11.6. The molecular weight excluding hydrogens is 465 g/mol. The molecular formula is C25H25F3N2O5. The maximum absolute atomic E-state index is 13.6. The van der Waals surface area contributed by atoms with Crippen LogP contribution in [0.5, 0.6) is 11.5 Å². The monoisotopic (exact) mass is 490 g/mol. The van der Waals surface area contributed by atoms with E-state index >= 15 is 0 Å². The van der Waals surface area contributed by atoms with E-state index in [-0.39, 0.29) is 25.5 Å². The van der Waals surface area contributed by atoms with Gasteiger partial charge in [-0.15, -0.1) is 0 Å². The van der Waals surface area contributed by atoms with Gasteiger partial charge in [-0.3, -0.25) is 14.5 Å². The fraction of sp³-hybridized carbons (Fsp3) is 0.440. The van der Waals surface area contributed by atoms with E-state index in [1.54, 1.807) is 18.2 Å². The van der Waals surface area contributed by atoms with Gasteiger partial charge < -0.3 is 19.5 Å². The minimum Gasteiger partial charge on any atom is -0.454 e. The van der Waals surface area contributed by atoms with Gasteiger partial charge in [0.1, 0.15) is 11.8 Å². The highest BCUT2D eigenvalue weighted by molar-refractivity contribution is 5.98. The minimum absolute atomic E-state index is 0.0162. The molecule has 5 rings (SSSR count). The molecule has 35 heavy (non-hydrogen) atoms. The van der Waals surface area contributed by atoms with Crippen LogP contribution < -0.4 is 14.8 Å². The van der Waals surface area contributed by atoms with Crippen molar-refractivity contribution >= 4 is 11.8 Å². The Bertz CT molecular complexity index is 1130. The first-order chi connectivity index (χ1) is 16.8. The summed E-state index contributed by atoms with van der Waals surface area (Å²) < 4.78 is 56.6. The van der Waals surface area contributed by atoms with Crippen molar-refractivity contribution in [1.82, 2.24) is 10.2 Å². The largest absolute Gasteiger partial charge is 0.454 e. The van der Waals surface area contributed by atoms with Gasteiger partial charge >= 0.3 is 6.18 Å². The van der Waals surface area contributed by atoms with Crippen LogP contribution in [-0.4, -0.2) is 41.9 Å². The molecule has 1 aliphatic carbocycles. The number of carbonyl (C=O) groups is 2. The molecule has 1 spiro atoms. The Morgan fingerprint density at radius 3 is 2.57 bits per heavy atom. The zero-order chi connectivity index (χ0) is 24.6. The smallest absolute Gasteiger partial charge is 0.416 e. The van der Waals surface area contributed by atoms with Crippen molar-refractivity contribution < 1.29 is 37.0 Å². The molecule has 0 bridgehead atoms. The number of ether oxygens (including phenoxy) is 3. The van der Waals surface area contributed by atoms with E-state index in [4.69, 9.17) is 14.2 Å². The van der Waals surface area contributed by atoms with Gasteiger partial charge in [0.15, 0.2) is 11.5 Å². The highest BCUT2D eigenvalue weighted by Gasteiger charge is 2.53. The number of halogens is 3. The summed E-state index contributed by atoms with van der Waals surface area (Å²) >= 11 is 0. The van der Waals surface area contributed by atoms with Crippen molar-refractivity contribution in [3.05, 3.63) is 59.2 Å². The van der Waals surface area contributed by atoms with Gasteiger partial charge in [0.2, 0.25) is 12.7 Å². The highest BCUT2D eigenvalue weighted by Crippen LogP contribution is 2.42. The van der Waals surface area contributed by atoms with E-state index in [0.29, 0.717) is 24.3 Å². The molecule has 2 amide bonds. The second-order valence-electron chi connectivity index (χ2n) is 8.99. The Balaban J connectivity index is 1.38. The third-order valence-corrected chi connectivity index (χ3v) is 6.76. The lowest BCUT2D eigenvalue weighted by Crippen LogP contribution is -2.56. The van der Waals surface area contributed by atoms with Crippen molar-refractivity contribution in [2.24, 2.45) is 0 Å². The van der Waals surface area contributed by atoms with Gasteiger partial charge in [-0.2, -0.15) is 13.2 Å². The molecule has 2 aliphatic heterocycles. The summed E-state index contributed by atoms with van der Waals surface area (Å²) in [6.45, 7) is 0.307. The minimum atomic E-state index is -4.58. The van der Waals surface area contributed by atoms with E-state index in [1.165, 1.54) is 17.0 Å². The lowest BCUT2D eigenvalue weighted by atomic mass is 9.89. The Hall–Kier alpha value is -3.27. The number of alkyl halides is 3. The molecule has 2 heterocycles. The molecule has 3 aliphatic rings. The highest BCUT2D eigenvalue weighted by atomic mass is 19.4. The molecule has 10 heteroatoms. The summed E-state index contributed by atoms with van der Waals surface area (Å²) in [4.78, 5) is 28.2. The van der Waals surface area contributed by atoms with E-state index < -0.39 is 35.3 Å². The normalized spacial score (nSPS) is 20.8. The lowest BCUT2D eigenvalue weighted by Gasteiger charge is -2.41. The van der Waals surface area contributed by atoms with Crippen LogP contribution in [0.1, 0.15) is 53.6 Å². The van der Waals surface area contributed by atoms with Crippen molar-refractivity contribution in [2.45, 2.75) is 56.6 Å². The van der Waals surface area contributed by atoms with Crippen LogP contribution in [0.3, 0.4) is 0 Å². The third kappa shape index (κ3) is 4.54. The predicted octanol–water partition coefficient (Wildman–Crippen LogP) is 4.25. The fourth-order valence-electron chi connectivity index (χ4n) is 5.00. The van der Waals surface area contributed by atoms with Crippen LogP contribution in [0.25, 0.3) is 0 Å². The molecule has 1 atom stereocenters. The summed E-state index contributed by atoms with van der Waals surface area (Å²) in [5.41, 5.74) is -1.25. The molecule has 1 N–H and O–H groups in total. The molecule has 2 fully saturated rings. The average molecular weight is 490 g/mol. The Kier molecular flexibility index (Phi) is 6.08. The van der Waals surface area contributed by atoms with Crippen molar-refractivity contribution in [1.29, 1.82) is 0 Å². The van der Waals surface area contributed by atoms with Crippen LogP contribution in [0.4, 0.5) is 13.2 Å². The number of benzene rings is 2. The van der Waals surface area contributed by atoms with Crippen molar-refractivity contribution in [3.8, 4) is 11.5 Å². The molecule has 0 radical (unpaired) electrons. The van der Waals surface area contributed by atoms with Gasteiger partial charge in [-0.25, -0.2) is 0 Å². The van der Waals surface area contributed by atoms with E-state index in [2.05, 4.69) is 5.32 Å². The number of nitrogens with zero attached hydrogens (tertiary/aromatic N) is 1. The zero-order valence-electron chi connectivity index (χ0n) is 18.9. The van der Waals surface area contributed by atoms with E-state index in [1.807, 2.05) is 0 Å². The van der Waals surface area contributed by atoms with Crippen LogP contribution in [0.2, 0.25) is 0 Å². The maximum Gasteiger partial charge on any atom is 0.416 e. The van der Waals surface area contributed by atoms with Crippen LogP contribution >= 0.6 is 0 Å². The topological polar surface area (TPSA) is 77.1 Å². The van der Waals surface area contributed by atoms with Crippen LogP contribution in [0.15, 0.2) is 42.5 Å². The molecule has 186 valence electrons. The Morgan fingerprint density at radius 2 is 1.80 bits per heavy atom. The number of hydrogen-bond donors (Lipinski definition) is 1. The summed E-state index contributed by atoms with van der Waals surface area (Å²) in [7, 11) is 0. The number of nitrogens with one attached hydrogen (secondary N) is 1. The quantitative estimate of drug-likeness (QED) is 0.694. The second kappa shape index (κ2) is 9.07. The molecule has 0 aromatic heterocycles. The second-order valence-corrected chi connectivity index (χ2v) is 8.99. The van der Waals surface area contributed by atoms with Gasteiger partial charge in [-0.1, -0.05) is 18.6 Å². The number of carbonyl (C=O) groups excluding carboxylic acids is 2. The SMILES string of the molecule is O=C(NCc1ccc2c(c1)OCO2)[C@H]1COC2(CCCCC2)N1C(=O)c1cccc(C(F)(F)F)c1. The molecule has 1 saturated heterocycles. The number of amides is 2. The van der Waals surface area contributed by atoms with Gasteiger partial charge in [0, 0.05) is 12.1 Å². The molecule has 1 saturated carbocycles. The molecule has 0 unspecified atom stereocenters. The van der Waals surface area contributed by atoms with Gasteiger partial charge in [0.25, 0.3) is 5.91 Å². The molecule has 2 aromatic rings. The third-order valence-electron chi connectivity index (χ3n) is 6.76. The van der Waals surface area contributed by atoms with Crippen molar-refractivity contribution in [3.63, 3.8) is 0 Å². The fourth-order valence-corrected chi connectivity index (χ4v) is 5.00. The van der Waals surface area contributed by atoms with E-state index in [0.717, 1.165) is 37.0 Å². The zero-order valence-corrected chi connectivity index (χ0v) is 18.9. The summed E-state index contributed by atoms with van der Waals surface area (Å²) in [5.74, 6) is 0.147. The number of rotatable bonds is 4. The van der Waals surface area contributed by atoms with Crippen LogP contribution in [0, 0.1) is 0 Å². The van der Waals surface area contributed by atoms with Crippen LogP contribution in [-0.2, 0) is 22.3 Å². The maximum atomic E-state index is 13.6. The first kappa shape index (κ1) is 23.5. The average Bonchev–Trinajstić information content (AvgIpc) is 3.46. The Morgan fingerprint density at radius 1 is 1.03 bits per heavy atom. The summed E-state index contributed by atoms with van der Waals surface area (Å²) in [6.07, 6.45) is -0.942. The predicted molar refractivity (Wildman–Crippen MR) is 118 cm³/mol. The molecule has 7 nitrogen and oxygen atoms in total. The lowest BCUT2D eigenvalue weighted by molar-refractivity contribution is -0.137. The number of fused-ring (bicyclic) bond motifs is 1. The molecule has 2 aromatic carbocycles. The van der Waals surface area contributed by atoms with E-state index in [9.17, 15) is 22.8 Å². The standard InChI is InChI=1S/C25H25F3N2O5/c26-25(27,28)18-6-4-5-17(12-18)23(32)30-19(14-35-24(30)9-2-1-3-10-24)22(31)29-13-16-7-8-20-21(11-16)34-15-33-20/h4-8,11-12,19H,1-3,9-10,13-15H2,(H,29,31)/t19-/m1/s1. The summed E-state index contributed by atoms with van der Waals surface area (Å²) in [6, 6.07) is 8.66. The van der Waals surface area contributed by atoms with Crippen molar-refractivity contribution in [2.75, 3.05) is 13.4 Å².